The number of ether oxygens (including phenoxy) is 1. The van der Waals surface area contributed by atoms with Crippen LogP contribution in [0.4, 0.5) is 0 Å². The fourth-order valence-electron chi connectivity index (χ4n) is 1.83. The Balaban J connectivity index is 2.53. The third-order valence-corrected chi connectivity index (χ3v) is 4.51. The highest BCUT2D eigenvalue weighted by Gasteiger charge is 2.38. The first kappa shape index (κ1) is 15.1. The molecule has 2 aromatic rings. The highest BCUT2D eigenvalue weighted by atomic mass is 32.2. The van der Waals surface area contributed by atoms with Crippen molar-refractivity contribution >= 4 is 15.8 Å². The largest absolute Gasteiger partial charge is 0.465 e. The molecule has 0 N–H and O–H groups in total. The van der Waals surface area contributed by atoms with Gasteiger partial charge >= 0.3 is 5.97 Å². The second kappa shape index (κ2) is 6.45. The van der Waals surface area contributed by atoms with Gasteiger partial charge in [-0.25, -0.2) is 18.4 Å². The van der Waals surface area contributed by atoms with Gasteiger partial charge in [0.15, 0.2) is 5.25 Å². The van der Waals surface area contributed by atoms with E-state index in [2.05, 4.69) is 9.97 Å². The van der Waals surface area contributed by atoms with Crippen molar-refractivity contribution < 1.29 is 17.9 Å². The summed E-state index contributed by atoms with van der Waals surface area (Å²) in [4.78, 5) is 19.6. The summed E-state index contributed by atoms with van der Waals surface area (Å²) in [6.07, 6.45) is 2.63. The molecule has 1 aromatic heterocycles. The number of sulfone groups is 1. The lowest BCUT2D eigenvalue weighted by Crippen LogP contribution is -2.26. The molecule has 1 atom stereocenters. The van der Waals surface area contributed by atoms with E-state index in [-0.39, 0.29) is 6.61 Å². The molecule has 0 aliphatic rings. The summed E-state index contributed by atoms with van der Waals surface area (Å²) in [5.41, 5.74) is 0.323. The van der Waals surface area contributed by atoms with Gasteiger partial charge in [0.05, 0.1) is 6.61 Å². The summed E-state index contributed by atoms with van der Waals surface area (Å²) in [6, 6.07) is 9.66. The Morgan fingerprint density at radius 2 is 1.76 bits per heavy atom. The third kappa shape index (κ3) is 3.25. The van der Waals surface area contributed by atoms with Gasteiger partial charge in [-0.3, -0.25) is 4.79 Å². The van der Waals surface area contributed by atoms with E-state index in [9.17, 15) is 13.2 Å². The van der Waals surface area contributed by atoms with E-state index >= 15 is 0 Å². The average molecular weight is 306 g/mol. The minimum absolute atomic E-state index is 0.0906. The van der Waals surface area contributed by atoms with Crippen molar-refractivity contribution in [2.75, 3.05) is 6.61 Å². The van der Waals surface area contributed by atoms with Crippen LogP contribution in [0.2, 0.25) is 0 Å². The second-order valence-electron chi connectivity index (χ2n) is 4.12. The number of rotatable bonds is 5. The van der Waals surface area contributed by atoms with Crippen LogP contribution in [0.5, 0.6) is 0 Å². The SMILES string of the molecule is CCOC(=O)C(c1ccccc1)S(=O)(=O)c1ncccn1. The van der Waals surface area contributed by atoms with Crippen LogP contribution in [-0.2, 0) is 19.4 Å². The summed E-state index contributed by atoms with van der Waals surface area (Å²) in [7, 11) is -4.07. The van der Waals surface area contributed by atoms with Crippen LogP contribution in [0, 0.1) is 0 Å². The molecule has 2 rings (SSSR count). The predicted octanol–water partition coefficient (Wildman–Crippen LogP) is 1.55. The summed E-state index contributed by atoms with van der Waals surface area (Å²) in [5, 5.41) is -1.87. The number of hydrogen-bond acceptors (Lipinski definition) is 6. The zero-order chi connectivity index (χ0) is 15.3. The van der Waals surface area contributed by atoms with Gasteiger partial charge in [0, 0.05) is 12.4 Å². The van der Waals surface area contributed by atoms with Crippen LogP contribution < -0.4 is 0 Å². The molecule has 0 aliphatic carbocycles. The molecular formula is C14H14N2O4S. The van der Waals surface area contributed by atoms with Crippen molar-refractivity contribution in [3.63, 3.8) is 0 Å². The van der Waals surface area contributed by atoms with E-state index in [0.717, 1.165) is 0 Å². The van der Waals surface area contributed by atoms with E-state index in [1.165, 1.54) is 18.5 Å². The number of hydrogen-bond donors (Lipinski definition) is 0. The zero-order valence-electron chi connectivity index (χ0n) is 11.3. The Morgan fingerprint density at radius 3 is 2.33 bits per heavy atom. The minimum Gasteiger partial charge on any atom is -0.465 e. The molecular weight excluding hydrogens is 292 g/mol. The zero-order valence-corrected chi connectivity index (χ0v) is 12.2. The Morgan fingerprint density at radius 1 is 1.14 bits per heavy atom. The van der Waals surface area contributed by atoms with Gasteiger partial charge in [-0.15, -0.1) is 0 Å². The lowest BCUT2D eigenvalue weighted by Gasteiger charge is -2.15. The fraction of sp³-hybridized carbons (Fsp3) is 0.214. The van der Waals surface area contributed by atoms with Gasteiger partial charge in [0.2, 0.25) is 15.0 Å². The maximum absolute atomic E-state index is 12.6. The number of esters is 1. The number of aromatic nitrogens is 2. The molecule has 0 saturated heterocycles. The number of benzene rings is 1. The lowest BCUT2D eigenvalue weighted by atomic mass is 10.1. The summed E-state index contributed by atoms with van der Waals surface area (Å²) in [5.74, 6) is -0.837. The Kier molecular flexibility index (Phi) is 4.64. The maximum Gasteiger partial charge on any atom is 0.329 e. The number of nitrogens with zero attached hydrogens (tertiary/aromatic N) is 2. The maximum atomic E-state index is 12.6. The average Bonchev–Trinajstić information content (AvgIpc) is 2.49. The molecule has 0 aliphatic heterocycles. The molecule has 1 unspecified atom stereocenters. The molecule has 0 amide bonds. The van der Waals surface area contributed by atoms with Crippen molar-refractivity contribution in [1.29, 1.82) is 0 Å². The molecule has 1 heterocycles. The quantitative estimate of drug-likeness (QED) is 0.615. The second-order valence-corrected chi connectivity index (χ2v) is 6.05. The molecule has 6 nitrogen and oxygen atoms in total. The number of carbonyl (C=O) groups excluding carboxylic acids is 1. The van der Waals surface area contributed by atoms with Crippen molar-refractivity contribution in [3.05, 3.63) is 54.4 Å². The number of carbonyl (C=O) groups is 1. The summed E-state index contributed by atoms with van der Waals surface area (Å²) in [6.45, 7) is 1.71. The van der Waals surface area contributed by atoms with E-state index in [1.54, 1.807) is 37.3 Å². The molecule has 7 heteroatoms. The van der Waals surface area contributed by atoms with Crippen LogP contribution in [0.25, 0.3) is 0 Å². The first-order valence-corrected chi connectivity index (χ1v) is 7.84. The van der Waals surface area contributed by atoms with Crippen molar-refractivity contribution in [3.8, 4) is 0 Å². The molecule has 0 spiro atoms. The van der Waals surface area contributed by atoms with E-state index in [1.807, 2.05) is 0 Å². The summed E-state index contributed by atoms with van der Waals surface area (Å²) >= 11 is 0. The molecule has 0 fully saturated rings. The Bertz CT molecular complexity index is 702. The normalized spacial score (nSPS) is 12.6. The van der Waals surface area contributed by atoms with Crippen LogP contribution in [-0.4, -0.2) is 31.0 Å². The van der Waals surface area contributed by atoms with Gasteiger partial charge in [-0.1, -0.05) is 30.3 Å². The molecule has 1 aromatic carbocycles. The van der Waals surface area contributed by atoms with Gasteiger partial charge in [0.1, 0.15) is 0 Å². The first-order chi connectivity index (χ1) is 10.1. The van der Waals surface area contributed by atoms with Gasteiger partial charge in [0.25, 0.3) is 0 Å². The Hall–Kier alpha value is -2.28. The fourth-order valence-corrected chi connectivity index (χ4v) is 3.29. The Labute approximate surface area is 122 Å². The van der Waals surface area contributed by atoms with Crippen molar-refractivity contribution in [1.82, 2.24) is 9.97 Å². The smallest absolute Gasteiger partial charge is 0.329 e. The van der Waals surface area contributed by atoms with E-state index in [0.29, 0.717) is 5.56 Å². The van der Waals surface area contributed by atoms with Gasteiger partial charge in [-0.05, 0) is 18.6 Å². The van der Waals surface area contributed by atoms with Crippen molar-refractivity contribution in [2.24, 2.45) is 0 Å². The third-order valence-electron chi connectivity index (χ3n) is 2.71. The minimum atomic E-state index is -4.07. The highest BCUT2D eigenvalue weighted by molar-refractivity contribution is 7.92. The standard InChI is InChI=1S/C14H14N2O4S/c1-2-20-13(17)12(11-7-4-3-5-8-11)21(18,19)14-15-9-6-10-16-14/h3-10,12H,2H2,1H3. The van der Waals surface area contributed by atoms with Crippen molar-refractivity contribution in [2.45, 2.75) is 17.3 Å². The van der Waals surface area contributed by atoms with E-state index in [4.69, 9.17) is 4.74 Å². The van der Waals surface area contributed by atoms with Crippen LogP contribution in [0.15, 0.2) is 53.9 Å². The summed E-state index contributed by atoms with van der Waals surface area (Å²) < 4.78 is 30.1. The van der Waals surface area contributed by atoms with Gasteiger partial charge in [-0.2, -0.15) is 0 Å². The molecule has 21 heavy (non-hydrogen) atoms. The van der Waals surface area contributed by atoms with Crippen LogP contribution in [0.3, 0.4) is 0 Å². The topological polar surface area (TPSA) is 86.2 Å². The first-order valence-electron chi connectivity index (χ1n) is 6.30. The highest BCUT2D eigenvalue weighted by Crippen LogP contribution is 2.28. The van der Waals surface area contributed by atoms with Gasteiger partial charge < -0.3 is 4.74 Å². The predicted molar refractivity (Wildman–Crippen MR) is 75.0 cm³/mol. The molecule has 0 saturated carbocycles. The molecule has 110 valence electrons. The molecule has 0 radical (unpaired) electrons. The molecule has 0 bridgehead atoms. The van der Waals surface area contributed by atoms with E-state index < -0.39 is 26.2 Å². The van der Waals surface area contributed by atoms with Crippen LogP contribution >= 0.6 is 0 Å². The van der Waals surface area contributed by atoms with Crippen LogP contribution in [0.1, 0.15) is 17.7 Å². The lowest BCUT2D eigenvalue weighted by molar-refractivity contribution is -0.142. The monoisotopic (exact) mass is 306 g/mol.